The van der Waals surface area contributed by atoms with Gasteiger partial charge in [-0.3, -0.25) is 4.79 Å². The van der Waals surface area contributed by atoms with Crippen LogP contribution in [0.3, 0.4) is 0 Å². The van der Waals surface area contributed by atoms with Crippen LogP contribution in [0.25, 0.3) is 0 Å². The molecule has 0 spiro atoms. The molecule has 2 aromatic rings. The van der Waals surface area contributed by atoms with Crippen LogP contribution in [0.1, 0.15) is 35.5 Å². The fraction of sp³-hybridized carbons (Fsp3) is 0.421. The third kappa shape index (κ3) is 4.40. The molecule has 7 heteroatoms. The van der Waals surface area contributed by atoms with Gasteiger partial charge in [0.1, 0.15) is 0 Å². The van der Waals surface area contributed by atoms with Gasteiger partial charge in [-0.1, -0.05) is 42.5 Å². The van der Waals surface area contributed by atoms with Crippen molar-refractivity contribution < 1.29 is 14.3 Å². The van der Waals surface area contributed by atoms with Gasteiger partial charge >= 0.3 is 6.09 Å². The van der Waals surface area contributed by atoms with Gasteiger partial charge in [-0.15, -0.1) is 0 Å². The fourth-order valence-corrected chi connectivity index (χ4v) is 3.90. The summed E-state index contributed by atoms with van der Waals surface area (Å²) in [5.41, 5.74) is 3.19. The molecule has 0 atom stereocenters. The van der Waals surface area contributed by atoms with Gasteiger partial charge in [0, 0.05) is 17.8 Å². The summed E-state index contributed by atoms with van der Waals surface area (Å²) in [6.07, 6.45) is 1.69. The number of hydrogen-bond donors (Lipinski definition) is 1. The van der Waals surface area contributed by atoms with Crippen LogP contribution in [0.5, 0.6) is 0 Å². The largest absolute Gasteiger partial charge is 0.450 e. The number of rotatable bonds is 5. The minimum absolute atomic E-state index is 0.0809. The lowest BCUT2D eigenvalue weighted by Crippen LogP contribution is -2.35. The molecule has 26 heavy (non-hydrogen) atoms. The second kappa shape index (κ2) is 8.31. The van der Waals surface area contributed by atoms with E-state index in [4.69, 9.17) is 4.74 Å². The minimum Gasteiger partial charge on any atom is -0.450 e. The van der Waals surface area contributed by atoms with Crippen LogP contribution < -0.4 is 5.32 Å². The highest BCUT2D eigenvalue weighted by Gasteiger charge is 2.25. The summed E-state index contributed by atoms with van der Waals surface area (Å²) in [5.74, 6) is -0.0809. The van der Waals surface area contributed by atoms with E-state index in [1.165, 1.54) is 16.9 Å². The maximum Gasteiger partial charge on any atom is 0.410 e. The van der Waals surface area contributed by atoms with Crippen LogP contribution in [0, 0.1) is 0 Å². The molecular weight excluding hydrogens is 350 g/mol. The molecule has 2 heterocycles. The number of carbonyl (C=O) groups excluding carboxylic acids is 2. The number of nitrogens with zero attached hydrogens (tertiary/aromatic N) is 2. The van der Waals surface area contributed by atoms with Gasteiger partial charge in [0.25, 0.3) is 0 Å². The molecule has 1 aromatic heterocycles. The maximum absolute atomic E-state index is 12.3. The Hall–Kier alpha value is -2.41. The third-order valence-corrected chi connectivity index (χ3v) is 5.30. The number of aromatic nitrogens is 1. The monoisotopic (exact) mass is 373 g/mol. The normalized spacial score (nSPS) is 13.2. The molecule has 1 N–H and O–H groups in total. The predicted octanol–water partition coefficient (Wildman–Crippen LogP) is 3.40. The van der Waals surface area contributed by atoms with Crippen molar-refractivity contribution >= 4 is 28.5 Å². The Morgan fingerprint density at radius 1 is 1.23 bits per heavy atom. The van der Waals surface area contributed by atoms with Crippen molar-refractivity contribution in [3.63, 3.8) is 0 Å². The molecule has 0 saturated heterocycles. The van der Waals surface area contributed by atoms with Crippen LogP contribution in [0.2, 0.25) is 0 Å². The van der Waals surface area contributed by atoms with E-state index in [0.29, 0.717) is 37.7 Å². The van der Waals surface area contributed by atoms with Crippen molar-refractivity contribution in [2.24, 2.45) is 0 Å². The Balaban J connectivity index is 1.59. The van der Waals surface area contributed by atoms with Crippen LogP contribution in [-0.4, -0.2) is 35.0 Å². The number of fused-ring (bicyclic) bond motifs is 1. The molecule has 0 aliphatic carbocycles. The first-order valence-corrected chi connectivity index (χ1v) is 9.68. The quantitative estimate of drug-likeness (QED) is 0.872. The zero-order chi connectivity index (χ0) is 18.5. The van der Waals surface area contributed by atoms with Gasteiger partial charge in [-0.25, -0.2) is 9.78 Å². The fourth-order valence-electron chi connectivity index (χ4n) is 2.86. The first-order chi connectivity index (χ1) is 12.6. The summed E-state index contributed by atoms with van der Waals surface area (Å²) in [4.78, 5) is 31.3. The summed E-state index contributed by atoms with van der Waals surface area (Å²) in [6.45, 7) is 5.34. The smallest absolute Gasteiger partial charge is 0.410 e. The second-order valence-electron chi connectivity index (χ2n) is 6.15. The highest BCUT2D eigenvalue weighted by Crippen LogP contribution is 2.28. The number of amides is 2. The van der Waals surface area contributed by atoms with E-state index in [1.807, 2.05) is 12.1 Å². The van der Waals surface area contributed by atoms with E-state index >= 15 is 0 Å². The van der Waals surface area contributed by atoms with Crippen LogP contribution in [0.15, 0.2) is 24.3 Å². The lowest BCUT2D eigenvalue weighted by molar-refractivity contribution is -0.115. The Kier molecular flexibility index (Phi) is 5.88. The molecular formula is C19H23N3O3S. The van der Waals surface area contributed by atoms with E-state index in [9.17, 15) is 9.59 Å². The van der Waals surface area contributed by atoms with Gasteiger partial charge in [-0.2, -0.15) is 0 Å². The zero-order valence-electron chi connectivity index (χ0n) is 15.1. The summed E-state index contributed by atoms with van der Waals surface area (Å²) in [5, 5.41) is 3.47. The maximum atomic E-state index is 12.3. The van der Waals surface area contributed by atoms with Gasteiger partial charge in [-0.05, 0) is 24.5 Å². The van der Waals surface area contributed by atoms with Crippen molar-refractivity contribution in [1.29, 1.82) is 0 Å². The van der Waals surface area contributed by atoms with Gasteiger partial charge in [0.2, 0.25) is 5.91 Å². The van der Waals surface area contributed by atoms with Crippen LogP contribution in [0.4, 0.5) is 9.93 Å². The summed E-state index contributed by atoms with van der Waals surface area (Å²) in [7, 11) is 0. The van der Waals surface area contributed by atoms with Crippen molar-refractivity contribution in [2.45, 2.75) is 39.7 Å². The lowest BCUT2D eigenvalue weighted by Gasteiger charge is -2.24. The highest BCUT2D eigenvalue weighted by atomic mass is 32.1. The molecule has 0 fully saturated rings. The topological polar surface area (TPSA) is 71.5 Å². The number of thiazole rings is 1. The number of carbonyl (C=O) groups is 2. The zero-order valence-corrected chi connectivity index (χ0v) is 15.9. The van der Waals surface area contributed by atoms with Gasteiger partial charge < -0.3 is 15.0 Å². The van der Waals surface area contributed by atoms with Crippen molar-refractivity contribution in [1.82, 2.24) is 9.88 Å². The van der Waals surface area contributed by atoms with E-state index in [-0.39, 0.29) is 12.0 Å². The summed E-state index contributed by atoms with van der Waals surface area (Å²) < 4.78 is 5.05. The molecule has 1 aliphatic heterocycles. The van der Waals surface area contributed by atoms with Crippen LogP contribution >= 0.6 is 11.3 Å². The predicted molar refractivity (Wildman–Crippen MR) is 101 cm³/mol. The molecule has 0 unspecified atom stereocenters. The van der Waals surface area contributed by atoms with E-state index < -0.39 is 0 Å². The van der Waals surface area contributed by atoms with Gasteiger partial charge in [0.05, 0.1) is 25.3 Å². The second-order valence-corrected chi connectivity index (χ2v) is 7.24. The molecule has 138 valence electrons. The molecule has 3 rings (SSSR count). The first-order valence-electron chi connectivity index (χ1n) is 8.87. The lowest BCUT2D eigenvalue weighted by atomic mass is 10.1. The van der Waals surface area contributed by atoms with Gasteiger partial charge in [0.15, 0.2) is 5.13 Å². The van der Waals surface area contributed by atoms with E-state index in [1.54, 1.807) is 11.8 Å². The molecule has 6 nitrogen and oxygen atoms in total. The SMILES string of the molecule is CCOC(=O)N1CCc2nc(NC(=O)Cc3ccc(CC)cc3)sc2C1. The van der Waals surface area contributed by atoms with Crippen LogP contribution in [-0.2, 0) is 35.3 Å². The number of aryl methyl sites for hydroxylation is 1. The average molecular weight is 373 g/mol. The third-order valence-electron chi connectivity index (χ3n) is 4.30. The first kappa shape index (κ1) is 18.4. The molecule has 1 aromatic carbocycles. The number of anilines is 1. The number of benzene rings is 1. The molecule has 0 saturated carbocycles. The number of hydrogen-bond acceptors (Lipinski definition) is 5. The number of ether oxygens (including phenoxy) is 1. The average Bonchev–Trinajstić information content (AvgIpc) is 3.03. The standard InChI is InChI=1S/C19H23N3O3S/c1-3-13-5-7-14(8-6-13)11-17(23)21-18-20-15-9-10-22(12-16(15)26-18)19(24)25-4-2/h5-8H,3-4,9-12H2,1-2H3,(H,20,21,23). The summed E-state index contributed by atoms with van der Waals surface area (Å²) in [6, 6.07) is 8.08. The Labute approximate surface area is 157 Å². The number of nitrogens with one attached hydrogen (secondary N) is 1. The minimum atomic E-state index is -0.298. The molecule has 1 aliphatic rings. The summed E-state index contributed by atoms with van der Waals surface area (Å²) >= 11 is 1.43. The van der Waals surface area contributed by atoms with E-state index in [0.717, 1.165) is 22.6 Å². The Bertz CT molecular complexity index is 786. The molecule has 2 amide bonds. The highest BCUT2D eigenvalue weighted by molar-refractivity contribution is 7.15. The Morgan fingerprint density at radius 2 is 1.96 bits per heavy atom. The van der Waals surface area contributed by atoms with Crippen molar-refractivity contribution in [3.05, 3.63) is 46.0 Å². The van der Waals surface area contributed by atoms with Crippen molar-refractivity contribution in [3.8, 4) is 0 Å². The van der Waals surface area contributed by atoms with Crippen molar-refractivity contribution in [2.75, 3.05) is 18.5 Å². The van der Waals surface area contributed by atoms with E-state index in [2.05, 4.69) is 29.4 Å². The molecule has 0 radical (unpaired) electrons. The Morgan fingerprint density at radius 3 is 2.65 bits per heavy atom. The molecule has 0 bridgehead atoms.